The van der Waals surface area contributed by atoms with Gasteiger partial charge in [0, 0.05) is 51.4 Å². The molecule has 0 atom stereocenters. The maximum atomic E-state index is 12.5. The van der Waals surface area contributed by atoms with Gasteiger partial charge in [-0.25, -0.2) is 8.42 Å². The third-order valence-electron chi connectivity index (χ3n) is 5.34. The van der Waals surface area contributed by atoms with Crippen LogP contribution in [0.1, 0.15) is 42.1 Å². The number of rotatable bonds is 5. The molecule has 2 fully saturated rings. The largest absolute Gasteiger partial charge is 0.339 e. The monoisotopic (exact) mass is 379 g/mol. The Labute approximate surface area is 156 Å². The predicted molar refractivity (Wildman–Crippen MR) is 103 cm³/mol. The van der Waals surface area contributed by atoms with E-state index in [4.69, 9.17) is 0 Å². The summed E-state index contributed by atoms with van der Waals surface area (Å²) in [6.45, 7) is 6.81. The Morgan fingerprint density at radius 2 is 1.54 bits per heavy atom. The van der Waals surface area contributed by atoms with Crippen LogP contribution in [-0.4, -0.2) is 73.5 Å². The van der Waals surface area contributed by atoms with Gasteiger partial charge in [-0.15, -0.1) is 0 Å². The molecule has 1 aromatic carbocycles. The highest BCUT2D eigenvalue weighted by molar-refractivity contribution is 7.89. The molecule has 7 heteroatoms. The van der Waals surface area contributed by atoms with Gasteiger partial charge in [0.25, 0.3) is 5.91 Å². The van der Waals surface area contributed by atoms with Crippen molar-refractivity contribution in [3.8, 4) is 0 Å². The van der Waals surface area contributed by atoms with Crippen LogP contribution >= 0.6 is 0 Å². The molecular formula is C19H29N3O3S. The number of benzene rings is 1. The molecule has 26 heavy (non-hydrogen) atoms. The lowest BCUT2D eigenvalue weighted by atomic mass is 10.1. The number of carbonyl (C=O) groups is 1. The first-order chi connectivity index (χ1) is 12.5. The SMILES string of the molecule is CCS(=O)(=O)N1CCN(Cc2ccc(C(=O)N3CCCCC3)cc2)CC1. The lowest BCUT2D eigenvalue weighted by Gasteiger charge is -2.33. The maximum Gasteiger partial charge on any atom is 0.253 e. The van der Waals surface area contributed by atoms with Crippen LogP contribution in [-0.2, 0) is 16.6 Å². The molecule has 144 valence electrons. The Bertz CT molecular complexity index is 704. The molecule has 0 bridgehead atoms. The average molecular weight is 380 g/mol. The van der Waals surface area contributed by atoms with Gasteiger partial charge >= 0.3 is 0 Å². The Morgan fingerprint density at radius 3 is 2.12 bits per heavy atom. The minimum Gasteiger partial charge on any atom is -0.339 e. The van der Waals surface area contributed by atoms with Crippen molar-refractivity contribution in [3.05, 3.63) is 35.4 Å². The lowest BCUT2D eigenvalue weighted by Crippen LogP contribution is -2.48. The van der Waals surface area contributed by atoms with Crippen LogP contribution in [0.3, 0.4) is 0 Å². The van der Waals surface area contributed by atoms with Crippen LogP contribution in [0.4, 0.5) is 0 Å². The Morgan fingerprint density at radius 1 is 0.923 bits per heavy atom. The Balaban J connectivity index is 1.53. The number of piperidine rings is 1. The van der Waals surface area contributed by atoms with Crippen LogP contribution in [0.15, 0.2) is 24.3 Å². The number of sulfonamides is 1. The van der Waals surface area contributed by atoms with Crippen LogP contribution in [0, 0.1) is 0 Å². The van der Waals surface area contributed by atoms with Crippen LogP contribution < -0.4 is 0 Å². The number of nitrogens with zero attached hydrogens (tertiary/aromatic N) is 3. The number of likely N-dealkylation sites (tertiary alicyclic amines) is 1. The lowest BCUT2D eigenvalue weighted by molar-refractivity contribution is 0.0724. The van der Waals surface area contributed by atoms with Crippen LogP contribution in [0.5, 0.6) is 0 Å². The summed E-state index contributed by atoms with van der Waals surface area (Å²) in [5.41, 5.74) is 1.92. The summed E-state index contributed by atoms with van der Waals surface area (Å²) < 4.78 is 25.4. The molecule has 6 nitrogen and oxygen atoms in total. The minimum absolute atomic E-state index is 0.134. The predicted octanol–water partition coefficient (Wildman–Crippen LogP) is 1.78. The van der Waals surface area contributed by atoms with E-state index in [1.807, 2.05) is 29.2 Å². The van der Waals surface area contributed by atoms with Gasteiger partial charge in [0.05, 0.1) is 5.75 Å². The zero-order valence-electron chi connectivity index (χ0n) is 15.6. The molecule has 0 N–H and O–H groups in total. The number of amides is 1. The summed E-state index contributed by atoms with van der Waals surface area (Å²) in [6, 6.07) is 7.88. The molecule has 0 unspecified atom stereocenters. The van der Waals surface area contributed by atoms with E-state index in [0.29, 0.717) is 13.1 Å². The summed E-state index contributed by atoms with van der Waals surface area (Å²) in [5.74, 6) is 0.300. The minimum atomic E-state index is -3.08. The Hall–Kier alpha value is -1.44. The van der Waals surface area contributed by atoms with E-state index in [-0.39, 0.29) is 11.7 Å². The van der Waals surface area contributed by atoms with Crippen LogP contribution in [0.25, 0.3) is 0 Å². The zero-order chi connectivity index (χ0) is 18.6. The van der Waals surface area contributed by atoms with E-state index in [1.165, 1.54) is 6.42 Å². The third-order valence-corrected chi connectivity index (χ3v) is 7.22. The maximum absolute atomic E-state index is 12.5. The summed E-state index contributed by atoms with van der Waals surface area (Å²) in [6.07, 6.45) is 3.42. The van der Waals surface area contributed by atoms with Crippen molar-refractivity contribution in [1.82, 2.24) is 14.1 Å². The van der Waals surface area contributed by atoms with Crippen molar-refractivity contribution in [3.63, 3.8) is 0 Å². The highest BCUT2D eigenvalue weighted by Gasteiger charge is 2.25. The van der Waals surface area contributed by atoms with Gasteiger partial charge in [-0.05, 0) is 43.9 Å². The molecule has 0 radical (unpaired) electrons. The van der Waals surface area contributed by atoms with E-state index in [1.54, 1.807) is 11.2 Å². The molecule has 2 aliphatic heterocycles. The summed E-state index contributed by atoms with van der Waals surface area (Å²) in [4.78, 5) is 16.7. The van der Waals surface area contributed by atoms with Gasteiger partial charge in [0.2, 0.25) is 10.0 Å². The fraction of sp³-hybridized carbons (Fsp3) is 0.632. The van der Waals surface area contributed by atoms with Gasteiger partial charge in [-0.2, -0.15) is 4.31 Å². The highest BCUT2D eigenvalue weighted by Crippen LogP contribution is 2.16. The molecule has 2 aliphatic rings. The fourth-order valence-electron chi connectivity index (χ4n) is 3.64. The molecule has 2 heterocycles. The van der Waals surface area contributed by atoms with E-state index in [0.717, 1.165) is 56.7 Å². The molecule has 0 spiro atoms. The number of carbonyl (C=O) groups excluding carboxylic acids is 1. The van der Waals surface area contributed by atoms with E-state index < -0.39 is 10.0 Å². The first-order valence-electron chi connectivity index (χ1n) is 9.58. The molecule has 1 amide bonds. The van der Waals surface area contributed by atoms with Crippen molar-refractivity contribution in [2.45, 2.75) is 32.7 Å². The summed E-state index contributed by atoms with van der Waals surface area (Å²) in [7, 11) is -3.08. The zero-order valence-corrected chi connectivity index (χ0v) is 16.4. The second-order valence-corrected chi connectivity index (χ2v) is 9.38. The van der Waals surface area contributed by atoms with Crippen molar-refractivity contribution in [2.24, 2.45) is 0 Å². The first kappa shape index (κ1) is 19.3. The van der Waals surface area contributed by atoms with Crippen molar-refractivity contribution in [1.29, 1.82) is 0 Å². The summed E-state index contributed by atoms with van der Waals surface area (Å²) in [5, 5.41) is 0. The molecule has 0 saturated carbocycles. The fourth-order valence-corrected chi connectivity index (χ4v) is 4.72. The molecule has 0 aliphatic carbocycles. The smallest absolute Gasteiger partial charge is 0.253 e. The number of piperazine rings is 1. The normalized spacial score (nSPS) is 20.3. The first-order valence-corrected chi connectivity index (χ1v) is 11.2. The second kappa shape index (κ2) is 8.50. The van der Waals surface area contributed by atoms with Gasteiger partial charge in [-0.3, -0.25) is 9.69 Å². The van der Waals surface area contributed by atoms with Gasteiger partial charge < -0.3 is 4.90 Å². The van der Waals surface area contributed by atoms with Crippen molar-refractivity contribution < 1.29 is 13.2 Å². The van der Waals surface area contributed by atoms with Crippen LogP contribution in [0.2, 0.25) is 0 Å². The van der Waals surface area contributed by atoms with Gasteiger partial charge in [-0.1, -0.05) is 12.1 Å². The summed E-state index contributed by atoms with van der Waals surface area (Å²) >= 11 is 0. The van der Waals surface area contributed by atoms with Crippen molar-refractivity contribution >= 4 is 15.9 Å². The standard InChI is InChI=1S/C19H29N3O3S/c1-2-26(24,25)22-14-12-20(13-15-22)16-17-6-8-18(9-7-17)19(23)21-10-4-3-5-11-21/h6-9H,2-5,10-16H2,1H3. The van der Waals surface area contributed by atoms with Crippen molar-refractivity contribution in [2.75, 3.05) is 45.0 Å². The quantitative estimate of drug-likeness (QED) is 0.782. The molecule has 2 saturated heterocycles. The molecule has 1 aromatic rings. The molecule has 3 rings (SSSR count). The second-order valence-electron chi connectivity index (χ2n) is 7.13. The van der Waals surface area contributed by atoms with Gasteiger partial charge in [0.15, 0.2) is 0 Å². The highest BCUT2D eigenvalue weighted by atomic mass is 32.2. The van der Waals surface area contributed by atoms with E-state index in [2.05, 4.69) is 4.90 Å². The van der Waals surface area contributed by atoms with E-state index >= 15 is 0 Å². The molecular weight excluding hydrogens is 350 g/mol. The topological polar surface area (TPSA) is 60.9 Å². The number of hydrogen-bond acceptors (Lipinski definition) is 4. The average Bonchev–Trinajstić information content (AvgIpc) is 2.69. The Kier molecular flexibility index (Phi) is 6.32. The molecule has 0 aromatic heterocycles. The van der Waals surface area contributed by atoms with E-state index in [9.17, 15) is 13.2 Å². The van der Waals surface area contributed by atoms with Gasteiger partial charge in [0.1, 0.15) is 0 Å². The third kappa shape index (κ3) is 4.64. The number of hydrogen-bond donors (Lipinski definition) is 0.